The lowest BCUT2D eigenvalue weighted by molar-refractivity contribution is -0.116. The zero-order chi connectivity index (χ0) is 22.4. The molecule has 11 heteroatoms. The molecule has 0 saturated carbocycles. The zero-order valence-electron chi connectivity index (χ0n) is 17.3. The molecule has 0 aliphatic carbocycles. The lowest BCUT2D eigenvalue weighted by atomic mass is 10.0. The molecule has 1 atom stereocenters. The van der Waals surface area contributed by atoms with E-state index in [9.17, 15) is 19.2 Å². The van der Waals surface area contributed by atoms with Gasteiger partial charge in [0, 0.05) is 0 Å². The van der Waals surface area contributed by atoms with Crippen LogP contribution in [-0.4, -0.2) is 47.5 Å². The maximum Gasteiger partial charge on any atom is 0.415 e. The molecule has 0 aliphatic rings. The number of urea groups is 1. The Hall–Kier alpha value is -2.62. The van der Waals surface area contributed by atoms with Gasteiger partial charge in [-0.1, -0.05) is 13.8 Å². The number of nitrogens with one attached hydrogen (secondary N) is 2. The van der Waals surface area contributed by atoms with E-state index in [0.29, 0.717) is 0 Å². The van der Waals surface area contributed by atoms with E-state index in [-0.39, 0.29) is 41.3 Å². The molecule has 0 radical (unpaired) electrons. The quantitative estimate of drug-likeness (QED) is 0.496. The average Bonchev–Trinajstić information content (AvgIpc) is 3.00. The second-order valence-corrected chi connectivity index (χ2v) is 7.75. The number of oxazole rings is 1. The summed E-state index contributed by atoms with van der Waals surface area (Å²) in [6.45, 7) is 8.51. The summed E-state index contributed by atoms with van der Waals surface area (Å²) in [5.74, 6) is -1.70. The molecule has 0 saturated heterocycles. The number of ketones is 1. The van der Waals surface area contributed by atoms with Crippen LogP contribution in [0.5, 0.6) is 0 Å². The Morgan fingerprint density at radius 3 is 2.31 bits per heavy atom. The van der Waals surface area contributed by atoms with Gasteiger partial charge < -0.3 is 19.2 Å². The predicted molar refractivity (Wildman–Crippen MR) is 103 cm³/mol. The molecule has 1 aromatic rings. The van der Waals surface area contributed by atoms with Crippen LogP contribution >= 0.6 is 11.6 Å². The van der Waals surface area contributed by atoms with Gasteiger partial charge in [-0.3, -0.25) is 4.79 Å². The molecule has 0 aromatic carbocycles. The number of ether oxygens (including phenoxy) is 2. The number of alkyl halides is 1. The van der Waals surface area contributed by atoms with Crippen molar-refractivity contribution in [2.75, 3.05) is 13.0 Å². The topological polar surface area (TPSA) is 137 Å². The summed E-state index contributed by atoms with van der Waals surface area (Å²) in [4.78, 5) is 51.6. The van der Waals surface area contributed by atoms with Gasteiger partial charge in [0.25, 0.3) is 0 Å². The Balaban J connectivity index is 3.06. The number of amides is 3. The highest BCUT2D eigenvalue weighted by Crippen LogP contribution is 2.25. The first-order valence-corrected chi connectivity index (χ1v) is 9.37. The minimum absolute atomic E-state index is 0.0162. The summed E-state index contributed by atoms with van der Waals surface area (Å²) in [6.07, 6.45) is -1.18. The van der Waals surface area contributed by atoms with Gasteiger partial charge in [0.15, 0.2) is 11.5 Å². The lowest BCUT2D eigenvalue weighted by Gasteiger charge is -2.21. The SMILES string of the molecule is COC(=O)c1nc(C(NC(=O)NC(=O)OC(C)(C)C)C(C)C)oc1CC(=O)CCl. The van der Waals surface area contributed by atoms with Gasteiger partial charge in [-0.2, -0.15) is 0 Å². The van der Waals surface area contributed by atoms with Crippen LogP contribution in [0.3, 0.4) is 0 Å². The van der Waals surface area contributed by atoms with E-state index in [1.165, 1.54) is 0 Å². The first-order valence-electron chi connectivity index (χ1n) is 8.84. The van der Waals surface area contributed by atoms with Crippen LogP contribution in [0, 0.1) is 5.92 Å². The van der Waals surface area contributed by atoms with Crippen molar-refractivity contribution in [3.8, 4) is 0 Å². The molecular formula is C18H26ClN3O7. The Kier molecular flexibility index (Phi) is 8.62. The van der Waals surface area contributed by atoms with Crippen LogP contribution in [0.1, 0.15) is 62.8 Å². The fourth-order valence-corrected chi connectivity index (χ4v) is 2.29. The number of carbonyl (C=O) groups excluding carboxylic acids is 4. The number of aromatic nitrogens is 1. The maximum absolute atomic E-state index is 12.2. The summed E-state index contributed by atoms with van der Waals surface area (Å²) < 4.78 is 15.2. The number of methoxy groups -OCH3 is 1. The first kappa shape index (κ1) is 24.4. The smallest absolute Gasteiger partial charge is 0.415 e. The number of alkyl carbamates (subject to hydrolysis) is 1. The molecule has 2 N–H and O–H groups in total. The van der Waals surface area contributed by atoms with E-state index in [1.54, 1.807) is 34.6 Å². The molecule has 0 bridgehead atoms. The summed E-state index contributed by atoms with van der Waals surface area (Å²) in [5, 5.41) is 4.59. The minimum atomic E-state index is -0.923. The largest absolute Gasteiger partial charge is 0.464 e. The minimum Gasteiger partial charge on any atom is -0.464 e. The van der Waals surface area contributed by atoms with Crippen molar-refractivity contribution < 1.29 is 33.1 Å². The van der Waals surface area contributed by atoms with E-state index in [2.05, 4.69) is 15.0 Å². The Morgan fingerprint density at radius 1 is 1.21 bits per heavy atom. The molecule has 3 amide bonds. The van der Waals surface area contributed by atoms with Crippen LogP contribution in [0.4, 0.5) is 9.59 Å². The monoisotopic (exact) mass is 431 g/mol. The maximum atomic E-state index is 12.2. The first-order chi connectivity index (χ1) is 13.4. The molecule has 29 heavy (non-hydrogen) atoms. The number of esters is 1. The molecule has 0 spiro atoms. The van der Waals surface area contributed by atoms with E-state index < -0.39 is 29.7 Å². The zero-order valence-corrected chi connectivity index (χ0v) is 18.0. The van der Waals surface area contributed by atoms with Crippen LogP contribution in [0.25, 0.3) is 0 Å². The van der Waals surface area contributed by atoms with Gasteiger partial charge in [-0.15, -0.1) is 11.6 Å². The fraction of sp³-hybridized carbons (Fsp3) is 0.611. The second-order valence-electron chi connectivity index (χ2n) is 7.49. The third-order valence-electron chi connectivity index (χ3n) is 3.43. The van der Waals surface area contributed by atoms with Crippen LogP contribution < -0.4 is 10.6 Å². The fourth-order valence-electron chi connectivity index (χ4n) is 2.19. The molecule has 1 unspecified atom stereocenters. The van der Waals surface area contributed by atoms with Gasteiger partial charge in [-0.05, 0) is 26.7 Å². The molecule has 0 fully saturated rings. The number of hydrogen-bond donors (Lipinski definition) is 2. The molecule has 1 aromatic heterocycles. The Labute approximate surface area is 173 Å². The van der Waals surface area contributed by atoms with Gasteiger partial charge in [0.1, 0.15) is 17.4 Å². The van der Waals surface area contributed by atoms with Crippen molar-refractivity contribution in [2.45, 2.75) is 52.7 Å². The number of hydrogen-bond acceptors (Lipinski definition) is 8. The highest BCUT2D eigenvalue weighted by atomic mass is 35.5. The van der Waals surface area contributed by atoms with Gasteiger partial charge in [0.2, 0.25) is 5.89 Å². The summed E-state index contributed by atoms with van der Waals surface area (Å²) >= 11 is 5.51. The number of imide groups is 1. The second kappa shape index (κ2) is 10.2. The van der Waals surface area contributed by atoms with Gasteiger partial charge >= 0.3 is 18.1 Å². The van der Waals surface area contributed by atoms with Gasteiger partial charge in [-0.25, -0.2) is 24.7 Å². The standard InChI is InChI=1S/C18H26ClN3O7/c1-9(2)12(21-16(25)22-17(26)29-18(3,4)5)14-20-13(15(24)27-6)11(28-14)7-10(23)8-19/h9,12H,7-8H2,1-6H3,(H2,21,22,25,26). The lowest BCUT2D eigenvalue weighted by Crippen LogP contribution is -2.44. The van der Waals surface area contributed by atoms with E-state index in [1.807, 2.05) is 5.32 Å². The van der Waals surface area contributed by atoms with Crippen LogP contribution in [0.2, 0.25) is 0 Å². The Bertz CT molecular complexity index is 768. The predicted octanol–water partition coefficient (Wildman–Crippen LogP) is 2.74. The van der Waals surface area contributed by atoms with E-state index in [4.69, 9.17) is 20.8 Å². The van der Waals surface area contributed by atoms with Crippen molar-refractivity contribution >= 4 is 35.5 Å². The molecule has 1 rings (SSSR count). The molecular weight excluding hydrogens is 406 g/mol. The highest BCUT2D eigenvalue weighted by Gasteiger charge is 2.30. The number of Topliss-reactive ketones (excluding diaryl/α,β-unsaturated/α-hetero) is 1. The van der Waals surface area contributed by atoms with Crippen molar-refractivity contribution in [3.63, 3.8) is 0 Å². The van der Waals surface area contributed by atoms with Crippen LogP contribution in [0.15, 0.2) is 4.42 Å². The van der Waals surface area contributed by atoms with Crippen LogP contribution in [-0.2, 0) is 20.7 Å². The number of nitrogens with zero attached hydrogens (tertiary/aromatic N) is 1. The molecule has 0 aliphatic heterocycles. The van der Waals surface area contributed by atoms with E-state index in [0.717, 1.165) is 7.11 Å². The molecule has 1 heterocycles. The molecule has 162 valence electrons. The van der Waals surface area contributed by atoms with E-state index >= 15 is 0 Å². The van der Waals surface area contributed by atoms with Gasteiger partial charge in [0.05, 0.1) is 19.4 Å². The summed E-state index contributed by atoms with van der Waals surface area (Å²) in [6, 6.07) is -1.64. The highest BCUT2D eigenvalue weighted by molar-refractivity contribution is 6.27. The molecule has 10 nitrogen and oxygen atoms in total. The van der Waals surface area contributed by atoms with Crippen molar-refractivity contribution in [2.24, 2.45) is 5.92 Å². The number of halogens is 1. The normalized spacial score (nSPS) is 12.3. The third-order valence-corrected chi connectivity index (χ3v) is 3.73. The third kappa shape index (κ3) is 7.72. The van der Waals surface area contributed by atoms with Crippen molar-refractivity contribution in [3.05, 3.63) is 17.3 Å². The number of rotatable bonds is 7. The van der Waals surface area contributed by atoms with Crippen molar-refractivity contribution in [1.29, 1.82) is 0 Å². The van der Waals surface area contributed by atoms with Crippen molar-refractivity contribution in [1.82, 2.24) is 15.6 Å². The summed E-state index contributed by atoms with van der Waals surface area (Å²) in [7, 11) is 1.16. The number of carbonyl (C=O) groups is 4. The Morgan fingerprint density at radius 2 is 1.83 bits per heavy atom. The average molecular weight is 432 g/mol. The summed E-state index contributed by atoms with van der Waals surface area (Å²) in [5.41, 5.74) is -0.954.